The molecule has 1 rings (SSSR count). The molecule has 6 nitrogen and oxygen atoms in total. The lowest BCUT2D eigenvalue weighted by Crippen LogP contribution is -2.36. The lowest BCUT2D eigenvalue weighted by Gasteiger charge is -2.13. The molecule has 0 aliphatic rings. The summed E-state index contributed by atoms with van der Waals surface area (Å²) in [7, 11) is 3.88. The Morgan fingerprint density at radius 2 is 1.70 bits per heavy atom. The third-order valence-electron chi connectivity index (χ3n) is 3.24. The first-order chi connectivity index (χ1) is 11.0. The van der Waals surface area contributed by atoms with E-state index >= 15 is 0 Å². The van der Waals surface area contributed by atoms with Crippen molar-refractivity contribution in [3.05, 3.63) is 24.3 Å². The van der Waals surface area contributed by atoms with E-state index < -0.39 is 11.8 Å². The van der Waals surface area contributed by atoms with Crippen LogP contribution < -0.4 is 15.5 Å². The zero-order chi connectivity index (χ0) is 17.1. The van der Waals surface area contributed by atoms with Crippen LogP contribution in [0.15, 0.2) is 24.3 Å². The average molecular weight is 321 g/mol. The van der Waals surface area contributed by atoms with E-state index in [4.69, 9.17) is 4.74 Å². The standard InChI is InChI=1S/C17H27N3O3/c1-4-5-12-23-13-6-11-18-16(21)17(22)19-14-7-9-15(10-8-14)20(2)3/h7-10H,4-6,11-13H2,1-3H3,(H,18,21)(H,19,22). The van der Waals surface area contributed by atoms with Crippen LogP contribution in [0.5, 0.6) is 0 Å². The van der Waals surface area contributed by atoms with Crippen LogP contribution in [0.4, 0.5) is 11.4 Å². The number of amides is 2. The summed E-state index contributed by atoms with van der Waals surface area (Å²) in [6.07, 6.45) is 2.84. The summed E-state index contributed by atoms with van der Waals surface area (Å²) in [5.74, 6) is -1.29. The van der Waals surface area contributed by atoms with Crippen LogP contribution in [-0.4, -0.2) is 45.7 Å². The molecule has 0 atom stereocenters. The van der Waals surface area contributed by atoms with Crippen LogP contribution in [0.2, 0.25) is 0 Å². The summed E-state index contributed by atoms with van der Waals surface area (Å²) >= 11 is 0. The quantitative estimate of drug-likeness (QED) is 0.539. The Balaban J connectivity index is 2.24. The van der Waals surface area contributed by atoms with Crippen molar-refractivity contribution in [2.24, 2.45) is 0 Å². The molecule has 0 unspecified atom stereocenters. The Morgan fingerprint density at radius 1 is 1.04 bits per heavy atom. The lowest BCUT2D eigenvalue weighted by atomic mass is 10.2. The fraction of sp³-hybridized carbons (Fsp3) is 0.529. The van der Waals surface area contributed by atoms with Gasteiger partial charge < -0.3 is 20.3 Å². The highest BCUT2D eigenvalue weighted by molar-refractivity contribution is 6.39. The van der Waals surface area contributed by atoms with Crippen molar-refractivity contribution in [3.63, 3.8) is 0 Å². The maximum absolute atomic E-state index is 11.8. The molecule has 0 spiro atoms. The molecule has 0 aliphatic carbocycles. The second-order valence-electron chi connectivity index (χ2n) is 5.47. The van der Waals surface area contributed by atoms with Gasteiger partial charge in [-0.05, 0) is 37.1 Å². The molecule has 0 radical (unpaired) electrons. The van der Waals surface area contributed by atoms with Crippen molar-refractivity contribution in [1.29, 1.82) is 0 Å². The molecule has 0 bridgehead atoms. The molecule has 0 fully saturated rings. The van der Waals surface area contributed by atoms with Gasteiger partial charge in [-0.1, -0.05) is 13.3 Å². The van der Waals surface area contributed by atoms with Gasteiger partial charge in [0.05, 0.1) is 0 Å². The van der Waals surface area contributed by atoms with Gasteiger partial charge in [-0.2, -0.15) is 0 Å². The van der Waals surface area contributed by atoms with Crippen molar-refractivity contribution in [1.82, 2.24) is 5.32 Å². The summed E-state index contributed by atoms with van der Waals surface area (Å²) in [5.41, 5.74) is 1.62. The number of hydrogen-bond donors (Lipinski definition) is 2. The van der Waals surface area contributed by atoms with E-state index in [0.29, 0.717) is 25.3 Å². The molecular weight excluding hydrogens is 294 g/mol. The van der Waals surface area contributed by atoms with Crippen LogP contribution in [0, 0.1) is 0 Å². The zero-order valence-corrected chi connectivity index (χ0v) is 14.2. The van der Waals surface area contributed by atoms with Crippen molar-refractivity contribution in [2.75, 3.05) is 44.1 Å². The van der Waals surface area contributed by atoms with Crippen molar-refractivity contribution in [3.8, 4) is 0 Å². The maximum Gasteiger partial charge on any atom is 0.313 e. The van der Waals surface area contributed by atoms with Gasteiger partial charge in [-0.25, -0.2) is 0 Å². The molecule has 2 amide bonds. The fourth-order valence-corrected chi connectivity index (χ4v) is 1.84. The van der Waals surface area contributed by atoms with Gasteiger partial charge in [0.25, 0.3) is 0 Å². The number of rotatable bonds is 9. The van der Waals surface area contributed by atoms with Gasteiger partial charge in [0, 0.05) is 45.2 Å². The second-order valence-corrected chi connectivity index (χ2v) is 5.47. The van der Waals surface area contributed by atoms with Gasteiger partial charge in [-0.15, -0.1) is 0 Å². The van der Waals surface area contributed by atoms with Gasteiger partial charge in [0.1, 0.15) is 0 Å². The molecule has 1 aromatic carbocycles. The number of hydrogen-bond acceptors (Lipinski definition) is 4. The largest absolute Gasteiger partial charge is 0.381 e. The van der Waals surface area contributed by atoms with Gasteiger partial charge in [0.2, 0.25) is 0 Å². The Labute approximate surface area is 138 Å². The molecule has 0 saturated carbocycles. The molecule has 0 aromatic heterocycles. The van der Waals surface area contributed by atoms with E-state index in [9.17, 15) is 9.59 Å². The predicted octanol–water partition coefficient (Wildman–Crippen LogP) is 2.01. The summed E-state index contributed by atoms with van der Waals surface area (Å²) < 4.78 is 5.39. The first kappa shape index (κ1) is 19.0. The summed E-state index contributed by atoms with van der Waals surface area (Å²) in [4.78, 5) is 25.4. The maximum atomic E-state index is 11.8. The first-order valence-electron chi connectivity index (χ1n) is 7.99. The van der Waals surface area contributed by atoms with Gasteiger partial charge in [-0.3, -0.25) is 9.59 Å². The predicted molar refractivity (Wildman–Crippen MR) is 92.8 cm³/mol. The smallest absolute Gasteiger partial charge is 0.313 e. The zero-order valence-electron chi connectivity index (χ0n) is 14.2. The van der Waals surface area contributed by atoms with Crippen LogP contribution >= 0.6 is 0 Å². The molecule has 0 aliphatic heterocycles. The SMILES string of the molecule is CCCCOCCCNC(=O)C(=O)Nc1ccc(N(C)C)cc1. The third-order valence-corrected chi connectivity index (χ3v) is 3.24. The monoisotopic (exact) mass is 321 g/mol. The molecule has 128 valence electrons. The molecule has 6 heteroatoms. The molecule has 0 saturated heterocycles. The van der Waals surface area contributed by atoms with Crippen LogP contribution in [0.25, 0.3) is 0 Å². The number of nitrogens with zero attached hydrogens (tertiary/aromatic N) is 1. The van der Waals surface area contributed by atoms with Gasteiger partial charge >= 0.3 is 11.8 Å². The molecular formula is C17H27N3O3. The van der Waals surface area contributed by atoms with Crippen molar-refractivity contribution in [2.45, 2.75) is 26.2 Å². The van der Waals surface area contributed by atoms with Crippen molar-refractivity contribution < 1.29 is 14.3 Å². The number of unbranched alkanes of at least 4 members (excludes halogenated alkanes) is 1. The summed E-state index contributed by atoms with van der Waals surface area (Å²) in [6.45, 7) is 3.87. The van der Waals surface area contributed by atoms with Crippen LogP contribution in [0.3, 0.4) is 0 Å². The number of carbonyl (C=O) groups is 2. The van der Waals surface area contributed by atoms with Crippen LogP contribution in [0.1, 0.15) is 26.2 Å². The topological polar surface area (TPSA) is 70.7 Å². The van der Waals surface area contributed by atoms with Crippen LogP contribution in [-0.2, 0) is 14.3 Å². The Hall–Kier alpha value is -2.08. The molecule has 2 N–H and O–H groups in total. The number of anilines is 2. The van der Waals surface area contributed by atoms with Gasteiger partial charge in [0.15, 0.2) is 0 Å². The highest BCUT2D eigenvalue weighted by Crippen LogP contribution is 2.15. The van der Waals surface area contributed by atoms with E-state index in [1.165, 1.54) is 0 Å². The third kappa shape index (κ3) is 7.65. The Kier molecular flexibility index (Phi) is 8.75. The number of nitrogens with one attached hydrogen (secondary N) is 2. The Morgan fingerprint density at radius 3 is 2.30 bits per heavy atom. The molecule has 0 heterocycles. The number of carbonyl (C=O) groups excluding carboxylic acids is 2. The Bertz CT molecular complexity index is 486. The average Bonchev–Trinajstić information content (AvgIpc) is 2.54. The number of benzene rings is 1. The molecule has 1 aromatic rings. The molecule has 23 heavy (non-hydrogen) atoms. The highest BCUT2D eigenvalue weighted by atomic mass is 16.5. The minimum absolute atomic E-state index is 0.429. The summed E-state index contributed by atoms with van der Waals surface area (Å²) in [6, 6.07) is 7.28. The van der Waals surface area contributed by atoms with Crippen molar-refractivity contribution >= 4 is 23.2 Å². The van der Waals surface area contributed by atoms with E-state index in [0.717, 1.165) is 25.1 Å². The van der Waals surface area contributed by atoms with E-state index in [-0.39, 0.29) is 0 Å². The summed E-state index contributed by atoms with van der Waals surface area (Å²) in [5, 5.41) is 5.16. The minimum Gasteiger partial charge on any atom is -0.381 e. The normalized spacial score (nSPS) is 10.2. The van der Waals surface area contributed by atoms with E-state index in [1.54, 1.807) is 12.1 Å². The van der Waals surface area contributed by atoms with E-state index in [2.05, 4.69) is 17.6 Å². The second kappa shape index (κ2) is 10.6. The highest BCUT2D eigenvalue weighted by Gasteiger charge is 2.12. The number of ether oxygens (including phenoxy) is 1. The lowest BCUT2D eigenvalue weighted by molar-refractivity contribution is -0.136. The van der Waals surface area contributed by atoms with E-state index in [1.807, 2.05) is 31.1 Å². The minimum atomic E-state index is -0.658. The fourth-order valence-electron chi connectivity index (χ4n) is 1.84. The first-order valence-corrected chi connectivity index (χ1v) is 7.99.